The van der Waals surface area contributed by atoms with E-state index in [1.165, 1.54) is 17.2 Å². The Morgan fingerprint density at radius 1 is 0.968 bits per heavy atom. The number of nitrogens with zero attached hydrogens (tertiary/aromatic N) is 2. The molecule has 1 fully saturated rings. The van der Waals surface area contributed by atoms with E-state index in [9.17, 15) is 9.59 Å². The number of amides is 1. The number of hydrogen-bond donors (Lipinski definition) is 1. The summed E-state index contributed by atoms with van der Waals surface area (Å²) < 4.78 is 13.4. The minimum absolute atomic E-state index is 0.183. The molecule has 1 saturated carbocycles. The summed E-state index contributed by atoms with van der Waals surface area (Å²) in [6, 6.07) is 18.0. The van der Waals surface area contributed by atoms with Crippen LogP contribution in [0, 0.1) is 0 Å². The van der Waals surface area contributed by atoms with Gasteiger partial charge in [0.25, 0.3) is 11.3 Å². The number of carbonyl (C=O) groups excluding carboxylic acids is 1. The van der Waals surface area contributed by atoms with Gasteiger partial charge in [0.1, 0.15) is 6.54 Å². The molecule has 7 heteroatoms. The van der Waals surface area contributed by atoms with Crippen LogP contribution >= 0.6 is 0 Å². The molecule has 1 aliphatic carbocycles. The first kappa shape index (κ1) is 19.4. The molecule has 1 aliphatic heterocycles. The maximum atomic E-state index is 12.6. The van der Waals surface area contributed by atoms with Crippen LogP contribution in [0.1, 0.15) is 32.1 Å². The Hall–Kier alpha value is -3.61. The maximum absolute atomic E-state index is 12.6. The Morgan fingerprint density at radius 2 is 1.74 bits per heavy atom. The van der Waals surface area contributed by atoms with Gasteiger partial charge >= 0.3 is 0 Å². The Bertz CT molecular complexity index is 1170. The average Bonchev–Trinajstić information content (AvgIpc) is 3.12. The SMILES string of the molecule is O=C(Cn1nc(-c2ccccc2)ccc1=O)Nc1ccc2c(c1)OC1(CCCCC1)O2. The van der Waals surface area contributed by atoms with Crippen LogP contribution < -0.4 is 20.3 Å². The lowest BCUT2D eigenvalue weighted by molar-refractivity contribution is -0.117. The third-order valence-corrected chi connectivity index (χ3v) is 5.66. The quantitative estimate of drug-likeness (QED) is 0.694. The van der Waals surface area contributed by atoms with Gasteiger partial charge in [-0.3, -0.25) is 9.59 Å². The number of carbonyl (C=O) groups is 1. The van der Waals surface area contributed by atoms with E-state index < -0.39 is 5.79 Å². The number of fused-ring (bicyclic) bond motifs is 1. The Kier molecular flexibility index (Phi) is 4.94. The lowest BCUT2D eigenvalue weighted by Crippen LogP contribution is -2.40. The van der Waals surface area contributed by atoms with E-state index in [4.69, 9.17) is 9.47 Å². The number of hydrogen-bond acceptors (Lipinski definition) is 5. The van der Waals surface area contributed by atoms with Crippen molar-refractivity contribution in [3.63, 3.8) is 0 Å². The molecule has 1 aromatic heterocycles. The second-order valence-electron chi connectivity index (χ2n) is 7.97. The first-order chi connectivity index (χ1) is 15.1. The van der Waals surface area contributed by atoms with Crippen LogP contribution in [0.25, 0.3) is 11.3 Å². The van der Waals surface area contributed by atoms with Crippen molar-refractivity contribution in [2.75, 3.05) is 5.32 Å². The molecule has 158 valence electrons. The topological polar surface area (TPSA) is 82.5 Å². The molecule has 0 atom stereocenters. The van der Waals surface area contributed by atoms with Crippen molar-refractivity contribution in [1.29, 1.82) is 0 Å². The first-order valence-corrected chi connectivity index (χ1v) is 10.6. The Morgan fingerprint density at radius 3 is 2.55 bits per heavy atom. The van der Waals surface area contributed by atoms with Crippen LogP contribution in [-0.2, 0) is 11.3 Å². The standard InChI is InChI=1S/C24H23N3O4/c28-22(16-27-23(29)12-10-19(26-27)17-7-3-1-4-8-17)25-18-9-11-20-21(15-18)31-24(30-20)13-5-2-6-14-24/h1,3-4,7-12,15H,2,5-6,13-14,16H2,(H,25,28). The van der Waals surface area contributed by atoms with Gasteiger partial charge < -0.3 is 14.8 Å². The molecule has 0 radical (unpaired) electrons. The third kappa shape index (κ3) is 4.03. The van der Waals surface area contributed by atoms with Crippen molar-refractivity contribution in [3.8, 4) is 22.8 Å². The molecular weight excluding hydrogens is 394 g/mol. The van der Waals surface area contributed by atoms with E-state index in [1.54, 1.807) is 18.2 Å². The van der Waals surface area contributed by atoms with Crippen LogP contribution in [0.15, 0.2) is 65.5 Å². The van der Waals surface area contributed by atoms with Crippen molar-refractivity contribution in [2.45, 2.75) is 44.4 Å². The number of rotatable bonds is 4. The summed E-state index contributed by atoms with van der Waals surface area (Å²) in [6.45, 7) is -0.183. The minimum Gasteiger partial charge on any atom is -0.448 e. The van der Waals surface area contributed by atoms with E-state index >= 15 is 0 Å². The summed E-state index contributed by atoms with van der Waals surface area (Å²) in [6.07, 6.45) is 5.11. The summed E-state index contributed by atoms with van der Waals surface area (Å²) in [7, 11) is 0. The lowest BCUT2D eigenvalue weighted by atomic mass is 9.94. The molecule has 2 aliphatic rings. The number of benzene rings is 2. The molecule has 0 unspecified atom stereocenters. The molecule has 0 saturated heterocycles. The second kappa shape index (κ2) is 7.91. The molecule has 0 bridgehead atoms. The zero-order valence-electron chi connectivity index (χ0n) is 17.0. The fourth-order valence-corrected chi connectivity index (χ4v) is 4.13. The minimum atomic E-state index is -0.557. The highest BCUT2D eigenvalue weighted by atomic mass is 16.7. The summed E-state index contributed by atoms with van der Waals surface area (Å²) in [4.78, 5) is 24.8. The van der Waals surface area contributed by atoms with Crippen molar-refractivity contribution in [1.82, 2.24) is 9.78 Å². The van der Waals surface area contributed by atoms with Crippen molar-refractivity contribution < 1.29 is 14.3 Å². The van der Waals surface area contributed by atoms with Crippen molar-refractivity contribution in [2.24, 2.45) is 0 Å². The molecule has 1 N–H and O–H groups in total. The zero-order chi connectivity index (χ0) is 21.3. The average molecular weight is 417 g/mol. The van der Waals surface area contributed by atoms with Gasteiger partial charge in [-0.1, -0.05) is 36.8 Å². The second-order valence-corrected chi connectivity index (χ2v) is 7.97. The van der Waals surface area contributed by atoms with E-state index in [0.717, 1.165) is 31.2 Å². The number of ether oxygens (including phenoxy) is 2. The summed E-state index contributed by atoms with van der Waals surface area (Å²) in [5.74, 6) is 0.443. The van der Waals surface area contributed by atoms with Crippen LogP contribution in [0.5, 0.6) is 11.5 Å². The Balaban J connectivity index is 1.29. The summed E-state index contributed by atoms with van der Waals surface area (Å²) >= 11 is 0. The number of anilines is 1. The van der Waals surface area contributed by atoms with Crippen LogP contribution in [0.2, 0.25) is 0 Å². The predicted molar refractivity (Wildman–Crippen MR) is 116 cm³/mol. The van der Waals surface area contributed by atoms with Crippen LogP contribution in [-0.4, -0.2) is 21.5 Å². The van der Waals surface area contributed by atoms with Gasteiger partial charge in [-0.2, -0.15) is 5.10 Å². The fourth-order valence-electron chi connectivity index (χ4n) is 4.13. The molecule has 5 rings (SSSR count). The molecule has 2 aromatic carbocycles. The number of nitrogens with one attached hydrogen (secondary N) is 1. The van der Waals surface area contributed by atoms with Crippen molar-refractivity contribution in [3.05, 3.63) is 71.0 Å². The van der Waals surface area contributed by atoms with E-state index in [0.29, 0.717) is 22.9 Å². The van der Waals surface area contributed by atoms with Crippen LogP contribution in [0.3, 0.4) is 0 Å². The highest BCUT2D eigenvalue weighted by Crippen LogP contribution is 2.46. The highest BCUT2D eigenvalue weighted by molar-refractivity contribution is 5.91. The summed E-state index contributed by atoms with van der Waals surface area (Å²) in [5, 5.41) is 7.16. The molecular formula is C24H23N3O4. The lowest BCUT2D eigenvalue weighted by Gasteiger charge is -2.31. The van der Waals surface area contributed by atoms with Crippen LogP contribution in [0.4, 0.5) is 5.69 Å². The van der Waals surface area contributed by atoms with Gasteiger partial charge in [-0.25, -0.2) is 4.68 Å². The molecule has 2 heterocycles. The van der Waals surface area contributed by atoms with Gasteiger partial charge in [-0.05, 0) is 31.0 Å². The molecule has 1 spiro atoms. The fraction of sp³-hybridized carbons (Fsp3) is 0.292. The Labute approximate surface area is 179 Å². The van der Waals surface area contributed by atoms with E-state index in [2.05, 4.69) is 10.4 Å². The maximum Gasteiger partial charge on any atom is 0.267 e. The van der Waals surface area contributed by atoms with E-state index in [-0.39, 0.29) is 18.0 Å². The summed E-state index contributed by atoms with van der Waals surface area (Å²) in [5.41, 5.74) is 1.77. The van der Waals surface area contributed by atoms with E-state index in [1.807, 2.05) is 36.4 Å². The predicted octanol–water partition coefficient (Wildman–Crippen LogP) is 3.98. The monoisotopic (exact) mass is 417 g/mol. The van der Waals surface area contributed by atoms with Crippen molar-refractivity contribution >= 4 is 11.6 Å². The zero-order valence-corrected chi connectivity index (χ0v) is 17.0. The molecule has 31 heavy (non-hydrogen) atoms. The van der Waals surface area contributed by atoms with Gasteiger partial charge in [0.15, 0.2) is 11.5 Å². The molecule has 7 nitrogen and oxygen atoms in total. The third-order valence-electron chi connectivity index (χ3n) is 5.66. The largest absolute Gasteiger partial charge is 0.448 e. The number of aromatic nitrogens is 2. The van der Waals surface area contributed by atoms with Gasteiger partial charge in [0.05, 0.1) is 5.69 Å². The van der Waals surface area contributed by atoms with Gasteiger partial charge in [-0.15, -0.1) is 0 Å². The molecule has 1 amide bonds. The first-order valence-electron chi connectivity index (χ1n) is 10.6. The normalized spacial score (nSPS) is 16.3. The van der Waals surface area contributed by atoms with Gasteiger partial charge in [0, 0.05) is 36.2 Å². The molecule has 3 aromatic rings. The van der Waals surface area contributed by atoms with Gasteiger partial charge in [0.2, 0.25) is 5.91 Å². The highest BCUT2D eigenvalue weighted by Gasteiger charge is 2.42. The smallest absolute Gasteiger partial charge is 0.267 e.